The second-order valence-corrected chi connectivity index (χ2v) is 10.9. The van der Waals surface area contributed by atoms with E-state index < -0.39 is 12.0 Å². The molecule has 0 fully saturated rings. The Morgan fingerprint density at radius 2 is 1.90 bits per heavy atom. The maximum atomic E-state index is 14.0. The molecular weight excluding hydrogens is 524 g/mol. The summed E-state index contributed by atoms with van der Waals surface area (Å²) in [5.74, 6) is 0.235. The second kappa shape index (κ2) is 11.1. The molecule has 8 nitrogen and oxygen atoms in total. The third-order valence-electron chi connectivity index (χ3n) is 6.75. The van der Waals surface area contributed by atoms with Crippen LogP contribution >= 0.6 is 11.3 Å². The summed E-state index contributed by atoms with van der Waals surface area (Å²) in [5.41, 5.74) is 5.37. The average molecular weight is 557 g/mol. The number of carbonyl (C=O) groups excluding carboxylic acids is 1. The first-order chi connectivity index (χ1) is 19.2. The van der Waals surface area contributed by atoms with Crippen LogP contribution in [0.4, 0.5) is 0 Å². The normalized spacial score (nSPS) is 15.3. The molecule has 9 heteroatoms. The molecule has 1 aliphatic rings. The third kappa shape index (κ3) is 5.04. The molecule has 1 aromatic carbocycles. The minimum atomic E-state index is -0.673. The minimum Gasteiger partial charge on any atom is -0.491 e. The smallest absolute Gasteiger partial charge is 0.338 e. The van der Waals surface area contributed by atoms with Crippen LogP contribution < -0.4 is 19.6 Å². The van der Waals surface area contributed by atoms with E-state index in [9.17, 15) is 9.59 Å². The van der Waals surface area contributed by atoms with Crippen LogP contribution in [-0.2, 0) is 9.53 Å². The molecule has 4 heterocycles. The van der Waals surface area contributed by atoms with Gasteiger partial charge in [0.25, 0.3) is 5.56 Å². The molecule has 5 rings (SSSR count). The lowest BCUT2D eigenvalue weighted by Gasteiger charge is -2.25. The van der Waals surface area contributed by atoms with Crippen LogP contribution in [0.15, 0.2) is 75.9 Å². The second-order valence-electron chi connectivity index (χ2n) is 9.91. The van der Waals surface area contributed by atoms with E-state index in [1.807, 2.05) is 76.4 Å². The highest BCUT2D eigenvalue weighted by Gasteiger charge is 2.33. The van der Waals surface area contributed by atoms with Crippen LogP contribution in [0.3, 0.4) is 0 Å². The van der Waals surface area contributed by atoms with E-state index in [1.54, 1.807) is 24.6 Å². The lowest BCUT2D eigenvalue weighted by molar-refractivity contribution is -0.139. The van der Waals surface area contributed by atoms with Crippen LogP contribution in [0.1, 0.15) is 56.3 Å². The number of allylic oxidation sites excluding steroid dienone is 1. The van der Waals surface area contributed by atoms with Gasteiger partial charge in [-0.25, -0.2) is 9.79 Å². The number of hydrogen-bond donors (Lipinski definition) is 0. The molecule has 0 N–H and O–H groups in total. The van der Waals surface area contributed by atoms with Crippen LogP contribution in [0.5, 0.6) is 5.75 Å². The van der Waals surface area contributed by atoms with E-state index in [0.717, 1.165) is 28.2 Å². The van der Waals surface area contributed by atoms with Gasteiger partial charge in [-0.15, -0.1) is 0 Å². The number of esters is 1. The van der Waals surface area contributed by atoms with Gasteiger partial charge in [0, 0.05) is 17.6 Å². The number of nitrogens with zero attached hydrogens (tertiary/aromatic N) is 4. The topological polar surface area (TPSA) is 87.7 Å². The van der Waals surface area contributed by atoms with Crippen molar-refractivity contribution < 1.29 is 14.3 Å². The Bertz CT molecular complexity index is 1780. The monoisotopic (exact) mass is 556 g/mol. The molecule has 3 aromatic heterocycles. The fraction of sp³-hybridized carbons (Fsp3) is 0.290. The van der Waals surface area contributed by atoms with Crippen LogP contribution in [0, 0.1) is 13.8 Å². The first-order valence-electron chi connectivity index (χ1n) is 13.2. The standard InChI is InChI=1S/C31H32N4O4S/c1-7-38-30(37)27-20(5)33-31-35(28(27)22-10-12-25(13-11-22)39-18(2)3)29(36)26(40-31)16-23-15-19(4)34(21(23)6)24-9-8-14-32-17-24/h8-18,28H,7H2,1-6H3/b26-16+/t28-/m0/s1. The van der Waals surface area contributed by atoms with Crippen molar-refractivity contribution in [1.29, 1.82) is 0 Å². The van der Waals surface area contributed by atoms with Crippen molar-refractivity contribution in [2.45, 2.75) is 53.7 Å². The Hall–Kier alpha value is -4.24. The van der Waals surface area contributed by atoms with E-state index >= 15 is 0 Å². The Balaban J connectivity index is 1.66. The maximum absolute atomic E-state index is 14.0. The number of benzene rings is 1. The Kier molecular flexibility index (Phi) is 7.58. The van der Waals surface area contributed by atoms with Crippen LogP contribution in [0.25, 0.3) is 11.8 Å². The highest BCUT2D eigenvalue weighted by molar-refractivity contribution is 7.07. The number of carbonyl (C=O) groups is 1. The molecule has 0 radical (unpaired) electrons. The van der Waals surface area contributed by atoms with Gasteiger partial charge in [0.15, 0.2) is 4.80 Å². The van der Waals surface area contributed by atoms with Gasteiger partial charge < -0.3 is 14.0 Å². The molecule has 206 valence electrons. The molecule has 0 saturated carbocycles. The highest BCUT2D eigenvalue weighted by atomic mass is 32.1. The van der Waals surface area contributed by atoms with Crippen molar-refractivity contribution in [2.75, 3.05) is 6.61 Å². The molecule has 1 atom stereocenters. The van der Waals surface area contributed by atoms with E-state index in [2.05, 4.69) is 20.6 Å². The Morgan fingerprint density at radius 3 is 2.55 bits per heavy atom. The van der Waals surface area contributed by atoms with Gasteiger partial charge in [-0.2, -0.15) is 0 Å². The zero-order chi connectivity index (χ0) is 28.6. The van der Waals surface area contributed by atoms with Crippen LogP contribution in [0.2, 0.25) is 0 Å². The van der Waals surface area contributed by atoms with Gasteiger partial charge in [0.1, 0.15) is 5.75 Å². The van der Waals surface area contributed by atoms with Crippen LogP contribution in [-0.4, -0.2) is 32.8 Å². The van der Waals surface area contributed by atoms with E-state index in [0.29, 0.717) is 26.4 Å². The molecule has 40 heavy (non-hydrogen) atoms. The predicted molar refractivity (Wildman–Crippen MR) is 156 cm³/mol. The third-order valence-corrected chi connectivity index (χ3v) is 7.73. The zero-order valence-corrected chi connectivity index (χ0v) is 24.3. The summed E-state index contributed by atoms with van der Waals surface area (Å²) in [4.78, 5) is 36.6. The lowest BCUT2D eigenvalue weighted by atomic mass is 9.96. The highest BCUT2D eigenvalue weighted by Crippen LogP contribution is 2.32. The molecule has 0 aliphatic carbocycles. The van der Waals surface area contributed by atoms with Crippen molar-refractivity contribution in [3.8, 4) is 11.4 Å². The number of ether oxygens (including phenoxy) is 2. The summed E-state index contributed by atoms with van der Waals surface area (Å²) in [6.07, 6.45) is 5.49. The van der Waals surface area contributed by atoms with Crippen molar-refractivity contribution in [3.63, 3.8) is 0 Å². The molecular formula is C31H32N4O4S. The van der Waals surface area contributed by atoms with E-state index in [-0.39, 0.29) is 18.3 Å². The summed E-state index contributed by atoms with van der Waals surface area (Å²) in [6.45, 7) is 11.7. The Morgan fingerprint density at radius 1 is 1.15 bits per heavy atom. The van der Waals surface area contributed by atoms with Gasteiger partial charge in [0.05, 0.1) is 46.4 Å². The summed E-state index contributed by atoms with van der Waals surface area (Å²) in [5, 5.41) is 0. The lowest BCUT2D eigenvalue weighted by Crippen LogP contribution is -2.39. The molecule has 4 aromatic rings. The summed E-state index contributed by atoms with van der Waals surface area (Å²) in [6, 6.07) is 12.8. The molecule has 0 spiro atoms. The van der Waals surface area contributed by atoms with Gasteiger partial charge >= 0.3 is 5.97 Å². The predicted octanol–water partition coefficient (Wildman–Crippen LogP) is 4.39. The number of thiazole rings is 1. The first kappa shape index (κ1) is 27.3. The first-order valence-corrected chi connectivity index (χ1v) is 14.1. The fourth-order valence-corrected chi connectivity index (χ4v) is 6.10. The van der Waals surface area contributed by atoms with Crippen molar-refractivity contribution >= 4 is 23.4 Å². The molecule has 0 unspecified atom stereocenters. The number of hydrogen-bond acceptors (Lipinski definition) is 7. The molecule has 0 bridgehead atoms. The quantitative estimate of drug-likeness (QED) is 0.315. The average Bonchev–Trinajstić information content (AvgIpc) is 3.37. The number of aromatic nitrogens is 3. The van der Waals surface area contributed by atoms with Crippen molar-refractivity contribution in [2.24, 2.45) is 4.99 Å². The minimum absolute atomic E-state index is 0.0286. The molecule has 1 aliphatic heterocycles. The summed E-state index contributed by atoms with van der Waals surface area (Å²) < 4.78 is 15.5. The molecule has 0 saturated heterocycles. The molecule has 0 amide bonds. The number of pyridine rings is 1. The largest absolute Gasteiger partial charge is 0.491 e. The summed E-state index contributed by atoms with van der Waals surface area (Å²) in [7, 11) is 0. The maximum Gasteiger partial charge on any atom is 0.338 e. The van der Waals surface area contributed by atoms with E-state index in [1.165, 1.54) is 11.3 Å². The van der Waals surface area contributed by atoms with Crippen molar-refractivity contribution in [1.82, 2.24) is 14.1 Å². The van der Waals surface area contributed by atoms with E-state index in [4.69, 9.17) is 9.47 Å². The van der Waals surface area contributed by atoms with Gasteiger partial charge in [-0.05, 0) is 89.1 Å². The number of rotatable bonds is 7. The van der Waals surface area contributed by atoms with Gasteiger partial charge in [0.2, 0.25) is 0 Å². The Labute approximate surface area is 236 Å². The fourth-order valence-electron chi connectivity index (χ4n) is 5.07. The number of aryl methyl sites for hydroxylation is 1. The number of fused-ring (bicyclic) bond motifs is 1. The summed E-state index contributed by atoms with van der Waals surface area (Å²) >= 11 is 1.31. The van der Waals surface area contributed by atoms with Crippen molar-refractivity contribution in [3.05, 3.63) is 108 Å². The van der Waals surface area contributed by atoms with Gasteiger partial charge in [-0.3, -0.25) is 14.3 Å². The SMILES string of the molecule is CCOC(=O)C1=C(C)N=c2s/c(=C/c3cc(C)n(-c4cccnc4)c3C)c(=O)n2[C@H]1c1ccc(OC(C)C)cc1. The van der Waals surface area contributed by atoms with Gasteiger partial charge in [-0.1, -0.05) is 23.5 Å². The zero-order valence-electron chi connectivity index (χ0n) is 23.5.